The SMILES string of the molecule is N#Cc1ccc(N2N=C(c3ccc(C(=O)O)cc3)C[C@H]2c2ccc(F)cc2)cc1. The maximum Gasteiger partial charge on any atom is 0.335 e. The van der Waals surface area contributed by atoms with Gasteiger partial charge in [0.05, 0.1) is 34.6 Å². The first-order valence-corrected chi connectivity index (χ1v) is 9.01. The monoisotopic (exact) mass is 385 g/mol. The van der Waals surface area contributed by atoms with Gasteiger partial charge in [-0.15, -0.1) is 0 Å². The summed E-state index contributed by atoms with van der Waals surface area (Å²) in [5, 5.41) is 24.7. The number of rotatable bonds is 4. The maximum atomic E-state index is 13.4. The van der Waals surface area contributed by atoms with Gasteiger partial charge in [-0.3, -0.25) is 5.01 Å². The van der Waals surface area contributed by atoms with E-state index < -0.39 is 5.97 Å². The van der Waals surface area contributed by atoms with Gasteiger partial charge < -0.3 is 5.11 Å². The molecule has 0 aromatic heterocycles. The molecule has 0 unspecified atom stereocenters. The first kappa shape index (κ1) is 18.4. The molecule has 1 aliphatic rings. The van der Waals surface area contributed by atoms with Crippen molar-refractivity contribution in [2.75, 3.05) is 5.01 Å². The Morgan fingerprint density at radius 1 is 1.03 bits per heavy atom. The van der Waals surface area contributed by atoms with Crippen LogP contribution in [0, 0.1) is 17.1 Å². The highest BCUT2D eigenvalue weighted by molar-refractivity contribution is 6.04. The lowest BCUT2D eigenvalue weighted by Gasteiger charge is -2.24. The minimum absolute atomic E-state index is 0.141. The third-order valence-corrected chi connectivity index (χ3v) is 4.89. The summed E-state index contributed by atoms with van der Waals surface area (Å²) in [6.45, 7) is 0. The normalized spacial score (nSPS) is 15.7. The molecule has 1 N–H and O–H groups in total. The van der Waals surface area contributed by atoms with E-state index in [1.807, 2.05) is 17.1 Å². The van der Waals surface area contributed by atoms with Crippen LogP contribution in [0.4, 0.5) is 10.1 Å². The van der Waals surface area contributed by atoms with E-state index in [1.54, 1.807) is 48.5 Å². The molecular weight excluding hydrogens is 369 g/mol. The molecular formula is C23H16FN3O2. The molecule has 0 saturated heterocycles. The molecule has 142 valence electrons. The molecule has 1 heterocycles. The molecule has 0 aliphatic carbocycles. The molecule has 0 radical (unpaired) electrons. The van der Waals surface area contributed by atoms with E-state index in [9.17, 15) is 9.18 Å². The molecule has 3 aromatic rings. The Balaban J connectivity index is 1.72. The summed E-state index contributed by atoms with van der Waals surface area (Å²) >= 11 is 0. The van der Waals surface area contributed by atoms with Crippen LogP contribution in [0.25, 0.3) is 0 Å². The number of aromatic carboxylic acids is 1. The summed E-state index contributed by atoms with van der Waals surface area (Å²) in [5.74, 6) is -1.28. The van der Waals surface area contributed by atoms with Gasteiger partial charge in [-0.05, 0) is 59.7 Å². The van der Waals surface area contributed by atoms with Crippen LogP contribution in [0.1, 0.15) is 39.5 Å². The molecule has 1 atom stereocenters. The number of benzene rings is 3. The maximum absolute atomic E-state index is 13.4. The van der Waals surface area contributed by atoms with E-state index in [0.29, 0.717) is 12.0 Å². The molecule has 29 heavy (non-hydrogen) atoms. The van der Waals surface area contributed by atoms with Crippen LogP contribution in [-0.2, 0) is 0 Å². The van der Waals surface area contributed by atoms with Gasteiger partial charge >= 0.3 is 5.97 Å². The summed E-state index contributed by atoms with van der Waals surface area (Å²) < 4.78 is 13.4. The lowest BCUT2D eigenvalue weighted by molar-refractivity contribution is 0.0697. The second-order valence-corrected chi connectivity index (χ2v) is 6.70. The molecule has 3 aromatic carbocycles. The number of hydrogen-bond donors (Lipinski definition) is 1. The summed E-state index contributed by atoms with van der Waals surface area (Å²) in [5.41, 5.74) is 4.14. The highest BCUT2D eigenvalue weighted by Gasteiger charge is 2.30. The minimum atomic E-state index is -0.978. The number of nitriles is 1. The molecule has 1 aliphatic heterocycles. The minimum Gasteiger partial charge on any atom is -0.478 e. The van der Waals surface area contributed by atoms with Crippen molar-refractivity contribution in [1.82, 2.24) is 0 Å². The fraction of sp³-hybridized carbons (Fsp3) is 0.0870. The summed E-state index contributed by atoms with van der Waals surface area (Å²) in [6, 6.07) is 22.0. The zero-order chi connectivity index (χ0) is 20.4. The van der Waals surface area contributed by atoms with Gasteiger partial charge in [-0.1, -0.05) is 24.3 Å². The first-order chi connectivity index (χ1) is 14.0. The van der Waals surface area contributed by atoms with Crippen molar-refractivity contribution in [3.63, 3.8) is 0 Å². The molecule has 0 fully saturated rings. The van der Waals surface area contributed by atoms with Crippen molar-refractivity contribution >= 4 is 17.4 Å². The van der Waals surface area contributed by atoms with Crippen molar-refractivity contribution in [3.8, 4) is 6.07 Å². The molecule has 0 amide bonds. The molecule has 0 saturated carbocycles. The third kappa shape index (κ3) is 3.71. The largest absolute Gasteiger partial charge is 0.478 e. The number of carboxylic acids is 1. The summed E-state index contributed by atoms with van der Waals surface area (Å²) in [4.78, 5) is 11.1. The van der Waals surface area contributed by atoms with Crippen LogP contribution in [0.15, 0.2) is 77.9 Å². The van der Waals surface area contributed by atoms with E-state index >= 15 is 0 Å². The summed E-state index contributed by atoms with van der Waals surface area (Å²) in [7, 11) is 0. The zero-order valence-electron chi connectivity index (χ0n) is 15.3. The van der Waals surface area contributed by atoms with E-state index in [-0.39, 0.29) is 17.4 Å². The van der Waals surface area contributed by atoms with E-state index in [2.05, 4.69) is 6.07 Å². The number of carboxylic acid groups (broad SMARTS) is 1. The van der Waals surface area contributed by atoms with Crippen molar-refractivity contribution in [2.24, 2.45) is 5.10 Å². The van der Waals surface area contributed by atoms with Gasteiger partial charge in [0.2, 0.25) is 0 Å². The first-order valence-electron chi connectivity index (χ1n) is 9.01. The van der Waals surface area contributed by atoms with Gasteiger partial charge in [-0.2, -0.15) is 10.4 Å². The number of halogens is 1. The van der Waals surface area contributed by atoms with Crippen molar-refractivity contribution < 1.29 is 14.3 Å². The highest BCUT2D eigenvalue weighted by Crippen LogP contribution is 2.36. The molecule has 5 nitrogen and oxygen atoms in total. The Morgan fingerprint density at radius 3 is 2.28 bits per heavy atom. The fourth-order valence-corrected chi connectivity index (χ4v) is 3.36. The van der Waals surface area contributed by atoms with Crippen LogP contribution in [0.3, 0.4) is 0 Å². The topological polar surface area (TPSA) is 76.7 Å². The van der Waals surface area contributed by atoms with Crippen molar-refractivity contribution in [3.05, 3.63) is 101 Å². The van der Waals surface area contributed by atoms with Gasteiger partial charge in [0.25, 0.3) is 0 Å². The standard InChI is InChI=1S/C23H16FN3O2/c24-19-9-7-17(8-10-19)22-13-21(16-3-5-18(6-4-16)23(28)29)26-27(22)20-11-1-15(14-25)2-12-20/h1-12,22H,13H2,(H,28,29)/t22-/m0/s1. The number of hydrazone groups is 1. The van der Waals surface area contributed by atoms with Gasteiger partial charge in [0, 0.05) is 6.42 Å². The lowest BCUT2D eigenvalue weighted by atomic mass is 9.97. The second kappa shape index (κ2) is 7.56. The Hall–Kier alpha value is -3.98. The zero-order valence-corrected chi connectivity index (χ0v) is 15.3. The van der Waals surface area contributed by atoms with E-state index in [0.717, 1.165) is 22.5 Å². The quantitative estimate of drug-likeness (QED) is 0.703. The number of anilines is 1. The average molecular weight is 385 g/mol. The number of nitrogens with zero attached hydrogens (tertiary/aromatic N) is 3. The number of hydrogen-bond acceptors (Lipinski definition) is 4. The van der Waals surface area contributed by atoms with Gasteiger partial charge in [0.15, 0.2) is 0 Å². The number of carbonyl (C=O) groups is 1. The van der Waals surface area contributed by atoms with Crippen LogP contribution in [0.5, 0.6) is 0 Å². The Kier molecular flexibility index (Phi) is 4.80. The fourth-order valence-electron chi connectivity index (χ4n) is 3.36. The molecule has 0 bridgehead atoms. The van der Waals surface area contributed by atoms with E-state index in [4.69, 9.17) is 15.5 Å². The van der Waals surface area contributed by atoms with Crippen LogP contribution >= 0.6 is 0 Å². The second-order valence-electron chi connectivity index (χ2n) is 6.70. The lowest BCUT2D eigenvalue weighted by Crippen LogP contribution is -2.18. The van der Waals surface area contributed by atoms with Crippen LogP contribution < -0.4 is 5.01 Å². The predicted octanol–water partition coefficient (Wildman–Crippen LogP) is 4.75. The van der Waals surface area contributed by atoms with Gasteiger partial charge in [0.1, 0.15) is 5.82 Å². The summed E-state index contributed by atoms with van der Waals surface area (Å²) in [6.07, 6.45) is 0.581. The van der Waals surface area contributed by atoms with Gasteiger partial charge in [-0.25, -0.2) is 9.18 Å². The smallest absolute Gasteiger partial charge is 0.335 e. The van der Waals surface area contributed by atoms with E-state index in [1.165, 1.54) is 12.1 Å². The Morgan fingerprint density at radius 2 is 1.69 bits per heavy atom. The van der Waals surface area contributed by atoms with Crippen molar-refractivity contribution in [1.29, 1.82) is 5.26 Å². The Bertz CT molecular complexity index is 1110. The highest BCUT2D eigenvalue weighted by atomic mass is 19.1. The predicted molar refractivity (Wildman–Crippen MR) is 107 cm³/mol. The Labute approximate surface area is 167 Å². The van der Waals surface area contributed by atoms with Crippen LogP contribution in [-0.4, -0.2) is 16.8 Å². The molecule has 4 rings (SSSR count). The van der Waals surface area contributed by atoms with Crippen LogP contribution in [0.2, 0.25) is 0 Å². The third-order valence-electron chi connectivity index (χ3n) is 4.89. The van der Waals surface area contributed by atoms with Crippen molar-refractivity contribution in [2.45, 2.75) is 12.5 Å². The molecule has 0 spiro atoms. The molecule has 6 heteroatoms. The average Bonchev–Trinajstić information content (AvgIpc) is 3.20.